The molecule has 2 N–H and O–H groups in total. The van der Waals surface area contributed by atoms with Gasteiger partial charge >= 0.3 is 0 Å². The lowest BCUT2D eigenvalue weighted by Gasteiger charge is -2.26. The largest absolute Gasteiger partial charge is 0.359 e. The summed E-state index contributed by atoms with van der Waals surface area (Å²) in [6.45, 7) is 0.220. The molecule has 0 bridgehead atoms. The van der Waals surface area contributed by atoms with Gasteiger partial charge in [-0.15, -0.1) is 0 Å². The molecule has 4 rings (SSSR count). The van der Waals surface area contributed by atoms with Crippen LogP contribution in [0.2, 0.25) is 0 Å². The Kier molecular flexibility index (Phi) is 3.45. The van der Waals surface area contributed by atoms with E-state index in [0.717, 1.165) is 24.9 Å². The van der Waals surface area contributed by atoms with Gasteiger partial charge in [-0.1, -0.05) is 12.1 Å². The second kappa shape index (κ2) is 5.63. The van der Waals surface area contributed by atoms with Crippen LogP contribution in [0.25, 0.3) is 0 Å². The summed E-state index contributed by atoms with van der Waals surface area (Å²) >= 11 is 0. The van der Waals surface area contributed by atoms with E-state index in [2.05, 4.69) is 21.7 Å². The maximum Gasteiger partial charge on any atom is 0.257 e. The SMILES string of the molecule is CN1C(=O)CNc2ncc(C(=O)Nc3cccc4c3CCC4)cc21. The van der Waals surface area contributed by atoms with Crippen molar-refractivity contribution in [3.63, 3.8) is 0 Å². The van der Waals surface area contributed by atoms with Gasteiger partial charge < -0.3 is 15.5 Å². The van der Waals surface area contributed by atoms with E-state index >= 15 is 0 Å². The number of nitrogens with zero attached hydrogens (tertiary/aromatic N) is 2. The molecular weight excluding hydrogens is 304 g/mol. The van der Waals surface area contributed by atoms with Crippen molar-refractivity contribution in [1.82, 2.24) is 4.98 Å². The van der Waals surface area contributed by atoms with Gasteiger partial charge in [-0.3, -0.25) is 9.59 Å². The van der Waals surface area contributed by atoms with Gasteiger partial charge in [0, 0.05) is 18.9 Å². The molecule has 0 saturated heterocycles. The number of fused-ring (bicyclic) bond motifs is 2. The smallest absolute Gasteiger partial charge is 0.257 e. The number of carbonyl (C=O) groups excluding carboxylic acids is 2. The van der Waals surface area contributed by atoms with Gasteiger partial charge in [0.2, 0.25) is 5.91 Å². The maximum absolute atomic E-state index is 12.6. The zero-order valence-electron chi connectivity index (χ0n) is 13.4. The Balaban J connectivity index is 1.62. The van der Waals surface area contributed by atoms with Crippen LogP contribution >= 0.6 is 0 Å². The van der Waals surface area contributed by atoms with Gasteiger partial charge in [-0.2, -0.15) is 0 Å². The average molecular weight is 322 g/mol. The molecule has 2 heterocycles. The molecule has 0 radical (unpaired) electrons. The van der Waals surface area contributed by atoms with Gasteiger partial charge in [0.05, 0.1) is 17.8 Å². The summed E-state index contributed by atoms with van der Waals surface area (Å²) in [6, 6.07) is 7.72. The zero-order chi connectivity index (χ0) is 16.7. The van der Waals surface area contributed by atoms with Crippen LogP contribution in [0.3, 0.4) is 0 Å². The van der Waals surface area contributed by atoms with Gasteiger partial charge in [0.1, 0.15) is 5.82 Å². The van der Waals surface area contributed by atoms with Crippen molar-refractivity contribution in [3.05, 3.63) is 47.2 Å². The summed E-state index contributed by atoms with van der Waals surface area (Å²) in [6.07, 6.45) is 4.72. The number of hydrogen-bond acceptors (Lipinski definition) is 4. The molecule has 122 valence electrons. The van der Waals surface area contributed by atoms with E-state index in [1.807, 2.05) is 12.1 Å². The quantitative estimate of drug-likeness (QED) is 0.889. The van der Waals surface area contributed by atoms with Gasteiger partial charge in [-0.05, 0) is 42.5 Å². The Bertz CT molecular complexity index is 847. The lowest BCUT2D eigenvalue weighted by atomic mass is 10.1. The number of amides is 2. The molecule has 0 unspecified atom stereocenters. The minimum Gasteiger partial charge on any atom is -0.359 e. The van der Waals surface area contributed by atoms with Gasteiger partial charge in [-0.25, -0.2) is 4.98 Å². The summed E-state index contributed by atoms with van der Waals surface area (Å²) in [5.41, 5.74) is 4.47. The number of benzene rings is 1. The summed E-state index contributed by atoms with van der Waals surface area (Å²) < 4.78 is 0. The topological polar surface area (TPSA) is 74.3 Å². The Labute approximate surface area is 139 Å². The summed E-state index contributed by atoms with van der Waals surface area (Å²) in [5, 5.41) is 5.95. The first-order valence-corrected chi connectivity index (χ1v) is 8.06. The van der Waals surface area contributed by atoms with Crippen LogP contribution < -0.4 is 15.5 Å². The molecule has 6 nitrogen and oxygen atoms in total. The number of carbonyl (C=O) groups is 2. The first-order valence-electron chi connectivity index (χ1n) is 8.06. The van der Waals surface area contributed by atoms with Gasteiger partial charge in [0.25, 0.3) is 5.91 Å². The van der Waals surface area contributed by atoms with Crippen molar-refractivity contribution in [2.45, 2.75) is 19.3 Å². The molecule has 1 aliphatic carbocycles. The fourth-order valence-corrected chi connectivity index (χ4v) is 3.31. The van der Waals surface area contributed by atoms with Crippen molar-refractivity contribution < 1.29 is 9.59 Å². The lowest BCUT2D eigenvalue weighted by Crippen LogP contribution is -2.37. The van der Waals surface area contributed by atoms with Crippen molar-refractivity contribution in [3.8, 4) is 0 Å². The molecule has 0 fully saturated rings. The van der Waals surface area contributed by atoms with Crippen LogP contribution in [0, 0.1) is 0 Å². The van der Waals surface area contributed by atoms with E-state index < -0.39 is 0 Å². The fourth-order valence-electron chi connectivity index (χ4n) is 3.31. The van der Waals surface area contributed by atoms with E-state index in [-0.39, 0.29) is 18.4 Å². The maximum atomic E-state index is 12.6. The monoisotopic (exact) mass is 322 g/mol. The van der Waals surface area contributed by atoms with Crippen LogP contribution in [-0.4, -0.2) is 30.4 Å². The molecule has 0 saturated carbocycles. The number of hydrogen-bond donors (Lipinski definition) is 2. The van der Waals surface area contributed by atoms with E-state index in [1.165, 1.54) is 22.2 Å². The van der Waals surface area contributed by atoms with Crippen molar-refractivity contribution in [2.24, 2.45) is 0 Å². The molecule has 24 heavy (non-hydrogen) atoms. The van der Waals surface area contributed by atoms with Crippen molar-refractivity contribution in [1.29, 1.82) is 0 Å². The molecule has 1 aromatic heterocycles. The average Bonchev–Trinajstić information content (AvgIpc) is 3.08. The molecule has 2 amide bonds. The predicted molar refractivity (Wildman–Crippen MR) is 92.6 cm³/mol. The number of rotatable bonds is 2. The Hall–Kier alpha value is -2.89. The third-order valence-corrected chi connectivity index (χ3v) is 4.67. The van der Waals surface area contributed by atoms with E-state index in [1.54, 1.807) is 13.1 Å². The first kappa shape index (κ1) is 14.7. The Morgan fingerprint density at radius 2 is 2.21 bits per heavy atom. The minimum absolute atomic E-state index is 0.0530. The molecule has 0 spiro atoms. The van der Waals surface area contributed by atoms with Crippen LogP contribution in [0.4, 0.5) is 17.2 Å². The molecule has 2 aliphatic rings. The Morgan fingerprint density at radius 1 is 1.33 bits per heavy atom. The number of anilines is 3. The molecular formula is C18H18N4O2. The third kappa shape index (κ3) is 2.40. The van der Waals surface area contributed by atoms with Crippen molar-refractivity contribution in [2.75, 3.05) is 29.1 Å². The predicted octanol–water partition coefficient (Wildman–Crippen LogP) is 2.21. The first-order chi connectivity index (χ1) is 11.6. The number of aromatic nitrogens is 1. The Morgan fingerprint density at radius 3 is 3.08 bits per heavy atom. The highest BCUT2D eigenvalue weighted by molar-refractivity contribution is 6.07. The molecule has 2 aromatic rings. The highest BCUT2D eigenvalue weighted by Crippen LogP contribution is 2.30. The normalized spacial score (nSPS) is 15.5. The van der Waals surface area contributed by atoms with E-state index in [9.17, 15) is 9.59 Å². The number of aryl methyl sites for hydroxylation is 1. The van der Waals surface area contributed by atoms with Crippen LogP contribution in [0.5, 0.6) is 0 Å². The van der Waals surface area contributed by atoms with Crippen LogP contribution in [0.1, 0.15) is 27.9 Å². The standard InChI is InChI=1S/C18H18N4O2/c1-22-15-8-12(9-19-17(15)20-10-16(22)23)18(24)21-14-7-3-5-11-4-2-6-13(11)14/h3,5,7-9H,2,4,6,10H2,1H3,(H,19,20)(H,21,24). The fraction of sp³-hybridized carbons (Fsp3) is 0.278. The molecule has 0 atom stereocenters. The molecule has 6 heteroatoms. The summed E-state index contributed by atoms with van der Waals surface area (Å²) in [4.78, 5) is 30.2. The van der Waals surface area contributed by atoms with E-state index in [0.29, 0.717) is 17.1 Å². The zero-order valence-corrected chi connectivity index (χ0v) is 13.4. The van der Waals surface area contributed by atoms with Crippen LogP contribution in [0.15, 0.2) is 30.5 Å². The van der Waals surface area contributed by atoms with Gasteiger partial charge in [0.15, 0.2) is 0 Å². The highest BCUT2D eigenvalue weighted by atomic mass is 16.2. The third-order valence-electron chi connectivity index (χ3n) is 4.67. The second-order valence-electron chi connectivity index (χ2n) is 6.15. The van der Waals surface area contributed by atoms with Crippen LogP contribution in [-0.2, 0) is 17.6 Å². The summed E-state index contributed by atoms with van der Waals surface area (Å²) in [5.74, 6) is 0.356. The van der Waals surface area contributed by atoms with E-state index in [4.69, 9.17) is 0 Å². The number of pyridine rings is 1. The number of likely N-dealkylation sites (N-methyl/N-ethyl adjacent to an activating group) is 1. The summed E-state index contributed by atoms with van der Waals surface area (Å²) in [7, 11) is 1.69. The lowest BCUT2D eigenvalue weighted by molar-refractivity contribution is -0.116. The molecule has 1 aliphatic heterocycles. The van der Waals surface area contributed by atoms with Crippen molar-refractivity contribution >= 4 is 29.0 Å². The highest BCUT2D eigenvalue weighted by Gasteiger charge is 2.23. The second-order valence-corrected chi connectivity index (χ2v) is 6.15. The minimum atomic E-state index is -0.211. The number of nitrogens with one attached hydrogen (secondary N) is 2. The molecule has 1 aromatic carbocycles.